The molecule has 8 heterocycles. The minimum absolute atomic E-state index is 0.0406. The summed E-state index contributed by atoms with van der Waals surface area (Å²) in [6.07, 6.45) is 11.9. The minimum Gasteiger partial charge on any atom is -0.464 e. The molecule has 0 fully saturated rings. The van der Waals surface area contributed by atoms with E-state index in [0.29, 0.717) is 11.4 Å². The van der Waals surface area contributed by atoms with Crippen LogP contribution in [0.3, 0.4) is 0 Å². The summed E-state index contributed by atoms with van der Waals surface area (Å²) in [7, 11) is 13.8. The highest BCUT2D eigenvalue weighted by molar-refractivity contribution is 6.07. The van der Waals surface area contributed by atoms with Crippen LogP contribution in [0.15, 0.2) is 80.0 Å². The summed E-state index contributed by atoms with van der Waals surface area (Å²) in [6, 6.07) is 4.39. The van der Waals surface area contributed by atoms with Crippen LogP contribution in [-0.2, 0) is 80.2 Å². The Morgan fingerprint density at radius 2 is 0.794 bits per heavy atom. The number of nitrogens with one attached hydrogen (secondary N) is 11. The summed E-state index contributed by atoms with van der Waals surface area (Å²) in [6.45, 7) is 4.55. The Labute approximate surface area is 552 Å². The Hall–Kier alpha value is -12.6. The molecule has 0 radical (unpaired) electrons. The summed E-state index contributed by atoms with van der Waals surface area (Å²) in [5.41, 5.74) is 0.784. The number of alkyl carbamates (subject to hydrolysis) is 1. The molecule has 37 heteroatoms. The van der Waals surface area contributed by atoms with Crippen molar-refractivity contribution < 1.29 is 67.0 Å². The molecule has 0 spiro atoms. The topological polar surface area (TPSA) is 447 Å². The Morgan fingerprint density at radius 3 is 1.16 bits per heavy atom. The van der Waals surface area contributed by atoms with E-state index in [0.717, 1.165) is 0 Å². The third kappa shape index (κ3) is 18.2. The maximum atomic E-state index is 13.9. The Morgan fingerprint density at radius 1 is 0.433 bits per heavy atom. The molecule has 37 nitrogen and oxygen atoms in total. The number of esters is 1. The lowest BCUT2D eigenvalue weighted by Crippen LogP contribution is -2.47. The number of hydrogen-bond acceptors (Lipinski definition) is 18. The van der Waals surface area contributed by atoms with Gasteiger partial charge < -0.3 is 104 Å². The van der Waals surface area contributed by atoms with Gasteiger partial charge in [0, 0.05) is 145 Å². The molecule has 8 rings (SSSR count). The van der Waals surface area contributed by atoms with Crippen LogP contribution in [0.25, 0.3) is 0 Å². The molecule has 11 N–H and O–H groups in total. The van der Waals surface area contributed by atoms with Gasteiger partial charge in [-0.2, -0.15) is 0 Å². The number of aryl methyl sites for hydroxylation is 8. The van der Waals surface area contributed by atoms with Gasteiger partial charge in [0.05, 0.1) is 29.9 Å². The summed E-state index contributed by atoms with van der Waals surface area (Å²) in [5, 5.41) is 29.0. The summed E-state index contributed by atoms with van der Waals surface area (Å²) in [5.74, 6) is -6.67. The second-order valence-corrected chi connectivity index (χ2v) is 23.1. The van der Waals surface area contributed by atoms with E-state index < -0.39 is 82.8 Å². The molecule has 0 aliphatic carbocycles. The number of ether oxygens (including phenoxy) is 2. The van der Waals surface area contributed by atoms with Crippen LogP contribution in [0.1, 0.15) is 124 Å². The zero-order chi connectivity index (χ0) is 70.7. The molecule has 1 atom stereocenters. The van der Waals surface area contributed by atoms with Crippen molar-refractivity contribution in [1.82, 2.24) is 77.7 Å². The number of nitrogens with zero attached hydrogens (tertiary/aromatic N) is 12. The normalized spacial score (nSPS) is 11.4. The lowest BCUT2D eigenvalue weighted by Gasteiger charge is -2.23. The number of carbonyl (C=O) groups is 12. The predicted octanol–water partition coefficient (Wildman–Crippen LogP) is 1.94. The Bertz CT molecular complexity index is 4380. The van der Waals surface area contributed by atoms with Gasteiger partial charge in [-0.3, -0.25) is 47.9 Å². The number of amides is 11. The second-order valence-electron chi connectivity index (χ2n) is 23.1. The molecular formula is C60H73N23O14. The van der Waals surface area contributed by atoms with Crippen LogP contribution in [0.5, 0.6) is 0 Å². The molecule has 0 aromatic carbocycles. The Balaban J connectivity index is 0.783. The maximum absolute atomic E-state index is 13.9. The first-order chi connectivity index (χ1) is 45.8. The van der Waals surface area contributed by atoms with Gasteiger partial charge in [0.15, 0.2) is 23.3 Å². The average Bonchev–Trinajstić information content (AvgIpc) is 1.71. The molecular weight excluding hydrogens is 1270 g/mol. The van der Waals surface area contributed by atoms with Gasteiger partial charge in [-0.15, -0.1) is 0 Å². The zero-order valence-electron chi connectivity index (χ0n) is 54.9. The number of methoxy groups -OCH3 is 1. The molecule has 97 heavy (non-hydrogen) atoms. The number of rotatable bonds is 26. The van der Waals surface area contributed by atoms with Crippen LogP contribution < -0.4 is 58.5 Å². The summed E-state index contributed by atoms with van der Waals surface area (Å²) in [4.78, 5) is 174. The van der Waals surface area contributed by atoms with Gasteiger partial charge in [0.25, 0.3) is 41.4 Å². The van der Waals surface area contributed by atoms with Gasteiger partial charge in [-0.1, -0.05) is 0 Å². The summed E-state index contributed by atoms with van der Waals surface area (Å²) < 4.78 is 21.7. The molecule has 512 valence electrons. The standard InChI is InChI=1S/C60H73N23O14/c1-60(2,3)97-59(95)69-36(13-16-62-51(87)37-22-33(26-78(37)6)66-55(91)47-72-41(29-81(47)9)70-44(84)14-17-63-52(88)38-21-32(25-77(38)5)65-54(90)46-61-19-20-76(46)4)50(86)75-43-31-83(11)49(74-43)57(93)67-34-23-39(79(7)27-34)53(89)64-18-15-45(85)71-42-30-82(10)48(73-42)56(92)68-35-24-40(58(94)96-12)80(8)28-35/h19-31,36H,13-18H2,1-12H3,(H,62,87)(H,63,88)(H,64,89)(H,65,90)(H,66,91)(H,67,93)(H,68,92)(H,69,95)(H,70,84)(H,71,85)(H,75,86)/t36-/m1/s1. The number of carbonyl (C=O) groups excluding carboxylic acids is 12. The fraction of sp³-hybridized carbons (Fsp3) is 0.333. The largest absolute Gasteiger partial charge is 0.464 e. The van der Waals surface area contributed by atoms with Crippen molar-refractivity contribution >= 4 is 111 Å². The fourth-order valence-electron chi connectivity index (χ4n) is 9.58. The van der Waals surface area contributed by atoms with E-state index in [1.807, 2.05) is 0 Å². The van der Waals surface area contributed by atoms with Crippen molar-refractivity contribution in [2.24, 2.45) is 56.4 Å². The van der Waals surface area contributed by atoms with E-state index >= 15 is 0 Å². The molecule has 0 saturated heterocycles. The lowest BCUT2D eigenvalue weighted by molar-refractivity contribution is -0.118. The first kappa shape index (κ1) is 70.3. The molecule has 11 amide bonds. The fourth-order valence-corrected chi connectivity index (χ4v) is 9.58. The highest BCUT2D eigenvalue weighted by Gasteiger charge is 2.28. The molecule has 0 bridgehead atoms. The van der Waals surface area contributed by atoms with E-state index in [-0.39, 0.29) is 114 Å². The van der Waals surface area contributed by atoms with E-state index in [9.17, 15) is 57.5 Å². The van der Waals surface area contributed by atoms with Crippen molar-refractivity contribution in [3.05, 3.63) is 126 Å². The van der Waals surface area contributed by atoms with Gasteiger partial charge >= 0.3 is 12.1 Å². The van der Waals surface area contributed by atoms with Crippen LogP contribution in [0.2, 0.25) is 0 Å². The van der Waals surface area contributed by atoms with Gasteiger partial charge in [-0.25, -0.2) is 29.5 Å². The molecule has 0 aliphatic heterocycles. The minimum atomic E-state index is -1.33. The average molecular weight is 1340 g/mol. The molecule has 8 aromatic rings. The molecule has 8 aromatic heterocycles. The van der Waals surface area contributed by atoms with Gasteiger partial charge in [0.2, 0.25) is 35.2 Å². The quantitative estimate of drug-likeness (QED) is 0.0345. The van der Waals surface area contributed by atoms with Crippen molar-refractivity contribution in [3.63, 3.8) is 0 Å². The monoisotopic (exact) mass is 1340 g/mol. The van der Waals surface area contributed by atoms with E-state index in [4.69, 9.17) is 9.47 Å². The van der Waals surface area contributed by atoms with Gasteiger partial charge in [-0.05, 0) is 51.5 Å². The van der Waals surface area contributed by atoms with Crippen molar-refractivity contribution in [1.29, 1.82) is 0 Å². The Kier molecular flexibility index (Phi) is 21.7. The third-order valence-corrected chi connectivity index (χ3v) is 14.2. The van der Waals surface area contributed by atoms with E-state index in [1.54, 1.807) is 80.0 Å². The van der Waals surface area contributed by atoms with E-state index in [1.165, 1.54) is 121 Å². The maximum Gasteiger partial charge on any atom is 0.408 e. The van der Waals surface area contributed by atoms with Crippen molar-refractivity contribution in [2.75, 3.05) is 64.0 Å². The first-order valence-corrected chi connectivity index (χ1v) is 29.6. The number of aromatic nitrogens is 12. The van der Waals surface area contributed by atoms with Gasteiger partial charge in [0.1, 0.15) is 34.4 Å². The van der Waals surface area contributed by atoms with Crippen molar-refractivity contribution in [2.45, 2.75) is 51.7 Å². The highest BCUT2D eigenvalue weighted by Crippen LogP contribution is 2.21. The lowest BCUT2D eigenvalue weighted by atomic mass is 10.2. The zero-order valence-corrected chi connectivity index (χ0v) is 54.9. The third-order valence-electron chi connectivity index (χ3n) is 14.2. The SMILES string of the molecule is COC(=O)c1cc(NC(=O)c2nc(NC(=O)CCNC(=O)c3cc(NC(=O)c4nc(NC(=O)[C@@H](CCNC(=O)c5cc(NC(=O)c6nc(NC(=O)CCNC(=O)c7cc(NC(=O)c8nccn8C)cn7C)cn6C)cn5C)NC(=O)OC(C)(C)C)cn4C)cn3C)cn2C)cn1C. The number of imidazole rings is 4. The number of hydrogen-bond donors (Lipinski definition) is 11. The van der Waals surface area contributed by atoms with Crippen LogP contribution in [-0.4, -0.2) is 166 Å². The van der Waals surface area contributed by atoms with E-state index in [2.05, 4.69) is 78.4 Å². The number of anilines is 7. The smallest absolute Gasteiger partial charge is 0.408 e. The molecule has 0 unspecified atom stereocenters. The van der Waals surface area contributed by atoms with Crippen LogP contribution in [0.4, 0.5) is 45.0 Å². The molecule has 0 aliphatic rings. The first-order valence-electron chi connectivity index (χ1n) is 29.6. The predicted molar refractivity (Wildman–Crippen MR) is 348 cm³/mol. The highest BCUT2D eigenvalue weighted by atomic mass is 16.6. The second kappa shape index (κ2) is 30.0. The van der Waals surface area contributed by atoms with Crippen LogP contribution >= 0.6 is 0 Å². The summed E-state index contributed by atoms with van der Waals surface area (Å²) >= 11 is 0. The van der Waals surface area contributed by atoms with Crippen LogP contribution in [0, 0.1) is 0 Å². The molecule has 0 saturated carbocycles. The van der Waals surface area contributed by atoms with Crippen molar-refractivity contribution in [3.8, 4) is 0 Å².